The fourth-order valence-corrected chi connectivity index (χ4v) is 2.13. The smallest absolute Gasteiger partial charge is 0.182 e. The Labute approximate surface area is 119 Å². The zero-order valence-electron chi connectivity index (χ0n) is 10.8. The number of aromatic nitrogens is 2. The summed E-state index contributed by atoms with van der Waals surface area (Å²) < 4.78 is 2.54. The van der Waals surface area contributed by atoms with E-state index in [1.165, 1.54) is 0 Å². The van der Waals surface area contributed by atoms with Gasteiger partial charge in [0.2, 0.25) is 0 Å². The first-order valence-electron chi connectivity index (χ1n) is 5.86. The van der Waals surface area contributed by atoms with E-state index in [4.69, 9.17) is 5.41 Å². The Morgan fingerprint density at radius 1 is 1.32 bits per heavy atom. The predicted molar refractivity (Wildman–Crippen MR) is 76.0 cm³/mol. The van der Waals surface area contributed by atoms with Gasteiger partial charge >= 0.3 is 0 Å². The normalized spacial score (nSPS) is 10.5. The van der Waals surface area contributed by atoms with E-state index in [1.807, 2.05) is 19.1 Å². The fraction of sp³-hybridized carbons (Fsp3) is 0.214. The third kappa shape index (κ3) is 3.17. The molecular weight excluding hydrogens is 306 g/mol. The molecule has 2 rings (SSSR count). The molecule has 2 aromatic rings. The molecule has 0 saturated heterocycles. The van der Waals surface area contributed by atoms with E-state index < -0.39 is 0 Å². The van der Waals surface area contributed by atoms with Crippen molar-refractivity contribution in [2.45, 2.75) is 20.4 Å². The Balaban J connectivity index is 2.29. The Bertz CT molecular complexity index is 674. The molecule has 0 bridgehead atoms. The molecule has 0 aliphatic carbocycles. The van der Waals surface area contributed by atoms with Crippen molar-refractivity contribution in [3.8, 4) is 0 Å². The number of carbonyl (C=O) groups is 1. The van der Waals surface area contributed by atoms with Gasteiger partial charge in [0.05, 0.1) is 6.54 Å². The van der Waals surface area contributed by atoms with E-state index in [1.54, 1.807) is 29.7 Å². The van der Waals surface area contributed by atoms with Crippen molar-refractivity contribution in [2.24, 2.45) is 0 Å². The first kappa shape index (κ1) is 13.7. The highest BCUT2D eigenvalue weighted by molar-refractivity contribution is 9.10. The summed E-state index contributed by atoms with van der Waals surface area (Å²) in [6.07, 6.45) is 0. The van der Waals surface area contributed by atoms with Gasteiger partial charge in [-0.1, -0.05) is 28.1 Å². The van der Waals surface area contributed by atoms with E-state index in [9.17, 15) is 4.79 Å². The largest absolute Gasteiger partial charge is 0.307 e. The maximum absolute atomic E-state index is 12.2. The Hall–Kier alpha value is -1.75. The standard InChI is InChI=1S/C14H14BrN3O/c1-9-7-14(16)18(10(2)17-9)8-13(19)11-3-5-12(15)6-4-11/h3-7,16H,8H2,1-2H3. The quantitative estimate of drug-likeness (QED) is 0.884. The number of hydrogen-bond donors (Lipinski definition) is 1. The van der Waals surface area contributed by atoms with Gasteiger partial charge in [-0.25, -0.2) is 4.98 Å². The first-order chi connectivity index (χ1) is 8.97. The molecule has 1 heterocycles. The number of carbonyl (C=O) groups excluding carboxylic acids is 1. The molecular formula is C14H14BrN3O. The van der Waals surface area contributed by atoms with Gasteiger partial charge in [-0.2, -0.15) is 0 Å². The number of ketones is 1. The van der Waals surface area contributed by atoms with Crippen LogP contribution in [0.2, 0.25) is 0 Å². The predicted octanol–water partition coefficient (Wildman–Crippen LogP) is 2.62. The lowest BCUT2D eigenvalue weighted by Crippen LogP contribution is -2.27. The maximum atomic E-state index is 12.2. The van der Waals surface area contributed by atoms with Gasteiger partial charge in [-0.15, -0.1) is 0 Å². The van der Waals surface area contributed by atoms with Crippen LogP contribution in [-0.4, -0.2) is 15.3 Å². The number of rotatable bonds is 3. The van der Waals surface area contributed by atoms with E-state index in [0.717, 1.165) is 10.2 Å². The van der Waals surface area contributed by atoms with E-state index in [-0.39, 0.29) is 12.3 Å². The second-order valence-electron chi connectivity index (χ2n) is 4.35. The average Bonchev–Trinajstić information content (AvgIpc) is 2.34. The summed E-state index contributed by atoms with van der Waals surface area (Å²) in [7, 11) is 0. The lowest BCUT2D eigenvalue weighted by Gasteiger charge is -2.10. The van der Waals surface area contributed by atoms with Crippen molar-refractivity contribution in [3.05, 3.63) is 57.4 Å². The topological polar surface area (TPSA) is 58.7 Å². The van der Waals surface area contributed by atoms with Crippen LogP contribution in [-0.2, 0) is 6.54 Å². The monoisotopic (exact) mass is 319 g/mol. The minimum Gasteiger partial charge on any atom is -0.307 e. The van der Waals surface area contributed by atoms with Crippen molar-refractivity contribution in [3.63, 3.8) is 0 Å². The van der Waals surface area contributed by atoms with E-state index in [2.05, 4.69) is 20.9 Å². The van der Waals surface area contributed by atoms with Crippen molar-refractivity contribution in [1.29, 1.82) is 5.41 Å². The van der Waals surface area contributed by atoms with E-state index in [0.29, 0.717) is 16.9 Å². The molecule has 0 fully saturated rings. The van der Waals surface area contributed by atoms with Gasteiger partial charge in [-0.3, -0.25) is 10.2 Å². The van der Waals surface area contributed by atoms with Gasteiger partial charge in [0.1, 0.15) is 11.3 Å². The van der Waals surface area contributed by atoms with Crippen LogP contribution in [0.5, 0.6) is 0 Å². The number of aryl methyl sites for hydroxylation is 2. The van der Waals surface area contributed by atoms with Gasteiger partial charge in [0.15, 0.2) is 5.78 Å². The lowest BCUT2D eigenvalue weighted by atomic mass is 10.1. The second-order valence-corrected chi connectivity index (χ2v) is 5.26. The number of benzene rings is 1. The van der Waals surface area contributed by atoms with Crippen molar-refractivity contribution < 1.29 is 4.79 Å². The second kappa shape index (κ2) is 5.48. The summed E-state index contributed by atoms with van der Waals surface area (Å²) in [5, 5.41) is 7.91. The number of hydrogen-bond acceptors (Lipinski definition) is 3. The molecule has 0 radical (unpaired) electrons. The summed E-state index contributed by atoms with van der Waals surface area (Å²) in [5.41, 5.74) is 1.72. The highest BCUT2D eigenvalue weighted by atomic mass is 79.9. The van der Waals surface area contributed by atoms with Crippen molar-refractivity contribution >= 4 is 21.7 Å². The summed E-state index contributed by atoms with van der Waals surface area (Å²) in [4.78, 5) is 16.4. The molecule has 0 aliphatic rings. The summed E-state index contributed by atoms with van der Waals surface area (Å²) in [6.45, 7) is 3.78. The number of nitrogens with zero attached hydrogens (tertiary/aromatic N) is 2. The molecule has 0 amide bonds. The van der Waals surface area contributed by atoms with Crippen LogP contribution >= 0.6 is 15.9 Å². The number of nitrogens with one attached hydrogen (secondary N) is 1. The molecule has 1 aromatic heterocycles. The van der Waals surface area contributed by atoms with Gasteiger partial charge < -0.3 is 4.57 Å². The first-order valence-corrected chi connectivity index (χ1v) is 6.65. The molecule has 19 heavy (non-hydrogen) atoms. The van der Waals surface area contributed by atoms with Crippen LogP contribution < -0.4 is 5.49 Å². The van der Waals surface area contributed by atoms with Crippen LogP contribution in [0, 0.1) is 19.3 Å². The SMILES string of the molecule is Cc1cc(=N)n(CC(=O)c2ccc(Br)cc2)c(C)n1. The Morgan fingerprint density at radius 2 is 1.95 bits per heavy atom. The van der Waals surface area contributed by atoms with Gasteiger partial charge in [0, 0.05) is 21.8 Å². The van der Waals surface area contributed by atoms with Gasteiger partial charge in [0.25, 0.3) is 0 Å². The van der Waals surface area contributed by atoms with Crippen molar-refractivity contribution in [1.82, 2.24) is 9.55 Å². The van der Waals surface area contributed by atoms with Crippen molar-refractivity contribution in [2.75, 3.05) is 0 Å². The molecule has 4 nitrogen and oxygen atoms in total. The molecule has 1 N–H and O–H groups in total. The molecule has 98 valence electrons. The lowest BCUT2D eigenvalue weighted by molar-refractivity contribution is 0.0969. The van der Waals surface area contributed by atoms with Crippen LogP contribution in [0.1, 0.15) is 21.9 Å². The van der Waals surface area contributed by atoms with Crippen LogP contribution in [0.3, 0.4) is 0 Å². The molecule has 1 aromatic carbocycles. The van der Waals surface area contributed by atoms with Crippen LogP contribution in [0.25, 0.3) is 0 Å². The third-order valence-electron chi connectivity index (χ3n) is 2.83. The van der Waals surface area contributed by atoms with E-state index >= 15 is 0 Å². The third-order valence-corrected chi connectivity index (χ3v) is 3.36. The average molecular weight is 320 g/mol. The molecule has 0 atom stereocenters. The number of Topliss-reactive ketones (excluding diaryl/α,β-unsaturated/α-hetero) is 1. The Kier molecular flexibility index (Phi) is 3.95. The summed E-state index contributed by atoms with van der Waals surface area (Å²) >= 11 is 3.34. The highest BCUT2D eigenvalue weighted by Gasteiger charge is 2.09. The Morgan fingerprint density at radius 3 is 2.53 bits per heavy atom. The summed E-state index contributed by atoms with van der Waals surface area (Å²) in [6, 6.07) is 8.86. The summed E-state index contributed by atoms with van der Waals surface area (Å²) in [5.74, 6) is 0.648. The zero-order chi connectivity index (χ0) is 14.0. The minimum atomic E-state index is -0.0280. The molecule has 0 aliphatic heterocycles. The molecule has 5 heteroatoms. The fourth-order valence-electron chi connectivity index (χ4n) is 1.87. The highest BCUT2D eigenvalue weighted by Crippen LogP contribution is 2.11. The molecule has 0 unspecified atom stereocenters. The molecule has 0 saturated carbocycles. The minimum absolute atomic E-state index is 0.0280. The zero-order valence-corrected chi connectivity index (χ0v) is 12.4. The maximum Gasteiger partial charge on any atom is 0.182 e. The van der Waals surface area contributed by atoms with Crippen LogP contribution in [0.4, 0.5) is 0 Å². The van der Waals surface area contributed by atoms with Gasteiger partial charge in [-0.05, 0) is 26.0 Å². The van der Waals surface area contributed by atoms with Crippen LogP contribution in [0.15, 0.2) is 34.8 Å². The molecule has 0 spiro atoms. The number of halogens is 1.